The van der Waals surface area contributed by atoms with Crippen LogP contribution in [0.15, 0.2) is 168 Å². The first-order valence-corrected chi connectivity index (χ1v) is 22.3. The predicted octanol–water partition coefficient (Wildman–Crippen LogP) is 11.6. The molecule has 5 heteroatoms. The third-order valence-electron chi connectivity index (χ3n) is 15.8. The molecule has 4 aromatic rings. The summed E-state index contributed by atoms with van der Waals surface area (Å²) in [5, 5.41) is 0. The number of allylic oxidation sites excluding steroid dienone is 15. The summed E-state index contributed by atoms with van der Waals surface area (Å²) in [5.74, 6) is 1.15. The summed E-state index contributed by atoms with van der Waals surface area (Å²) >= 11 is 0. The Balaban J connectivity index is 1.15. The zero-order valence-corrected chi connectivity index (χ0v) is 34.6. The van der Waals surface area contributed by atoms with Crippen LogP contribution in [0.4, 0.5) is 34.1 Å². The van der Waals surface area contributed by atoms with Gasteiger partial charge in [0, 0.05) is 45.0 Å². The fourth-order valence-electron chi connectivity index (χ4n) is 13.2. The van der Waals surface area contributed by atoms with Crippen molar-refractivity contribution in [1.82, 2.24) is 0 Å². The van der Waals surface area contributed by atoms with Crippen LogP contribution >= 0.6 is 0 Å². The van der Waals surface area contributed by atoms with E-state index in [9.17, 15) is 0 Å². The van der Waals surface area contributed by atoms with Crippen molar-refractivity contribution in [1.29, 1.82) is 0 Å². The molecule has 4 aliphatic carbocycles. The molecule has 0 saturated heterocycles. The van der Waals surface area contributed by atoms with Gasteiger partial charge >= 0.3 is 0 Å². The molecule has 9 aliphatic rings. The van der Waals surface area contributed by atoms with Gasteiger partial charge < -0.3 is 14.7 Å². The van der Waals surface area contributed by atoms with Gasteiger partial charge in [0.05, 0.1) is 17.1 Å². The van der Waals surface area contributed by atoms with Gasteiger partial charge in [0.2, 0.25) is 6.71 Å². The van der Waals surface area contributed by atoms with Crippen molar-refractivity contribution >= 4 is 63.9 Å². The lowest BCUT2D eigenvalue weighted by molar-refractivity contribution is 0.585. The molecule has 4 aromatic carbocycles. The van der Waals surface area contributed by atoms with Crippen LogP contribution in [-0.4, -0.2) is 13.4 Å². The Kier molecular flexibility index (Phi) is 6.94. The fourth-order valence-corrected chi connectivity index (χ4v) is 13.2. The Morgan fingerprint density at radius 1 is 0.610 bits per heavy atom. The van der Waals surface area contributed by atoms with Gasteiger partial charge in [0.25, 0.3) is 0 Å². The van der Waals surface area contributed by atoms with Crippen molar-refractivity contribution in [3.8, 4) is 0 Å². The van der Waals surface area contributed by atoms with Gasteiger partial charge in [-0.3, -0.25) is 0 Å². The van der Waals surface area contributed by atoms with E-state index in [1.807, 2.05) is 0 Å². The minimum Gasteiger partial charge on any atom is -0.314 e. The number of rotatable bonds is 5. The summed E-state index contributed by atoms with van der Waals surface area (Å²) in [5.41, 5.74) is 22.7. The van der Waals surface area contributed by atoms with Crippen molar-refractivity contribution in [2.45, 2.75) is 88.1 Å². The average molecular weight is 762 g/mol. The highest BCUT2D eigenvalue weighted by Crippen LogP contribution is 2.67. The number of para-hydroxylation sites is 2. The second-order valence-electron chi connectivity index (χ2n) is 19.4. The monoisotopic (exact) mass is 761 g/mol. The summed E-state index contributed by atoms with van der Waals surface area (Å²) in [4.78, 5) is 8.27. The highest BCUT2D eigenvalue weighted by Gasteiger charge is 2.59. The van der Waals surface area contributed by atoms with E-state index < -0.39 is 0 Å². The van der Waals surface area contributed by atoms with Crippen LogP contribution in [0.3, 0.4) is 0 Å². The minimum absolute atomic E-state index is 0.127. The summed E-state index contributed by atoms with van der Waals surface area (Å²) < 4.78 is 0. The summed E-state index contributed by atoms with van der Waals surface area (Å²) in [6, 6.07) is 28.7. The molecule has 13 rings (SSSR count). The van der Waals surface area contributed by atoms with Crippen LogP contribution in [0.1, 0.15) is 76.5 Å². The van der Waals surface area contributed by atoms with E-state index >= 15 is 0 Å². The van der Waals surface area contributed by atoms with Gasteiger partial charge in [-0.2, -0.15) is 0 Å². The molecule has 59 heavy (non-hydrogen) atoms. The van der Waals surface area contributed by atoms with E-state index in [1.54, 1.807) is 5.70 Å². The van der Waals surface area contributed by atoms with Crippen LogP contribution in [0.25, 0.3) is 0 Å². The maximum Gasteiger partial charge on any atom is 0.222 e. The highest BCUT2D eigenvalue weighted by molar-refractivity contribution is 6.90. The summed E-state index contributed by atoms with van der Waals surface area (Å²) in [6.45, 7) is 10.7. The molecule has 5 aliphatic heterocycles. The van der Waals surface area contributed by atoms with Crippen molar-refractivity contribution in [2.24, 2.45) is 0 Å². The molecule has 0 radical (unpaired) electrons. The number of hydrogen-bond donors (Lipinski definition) is 0. The van der Waals surface area contributed by atoms with Crippen LogP contribution in [0.5, 0.6) is 0 Å². The standard InChI is InChI=1S/C54H49B2N3/c1-53(2)39-26-17-27-43-47(39)58-49-40(53)28-31-45-52(49)59-48-42(54(3,4)41-29-30-44(51(58)50(41)59)55(43)34-18-9-5-10-19-34)32-38(33-46(48)56(45)35-20-11-6-12-21-35)57(36-22-13-7-14-23-36)37-24-15-8-16-25-37/h5-15,17-18,20,22-24,26-30,32-35,45H,16,19,21,25,31H2,1-4H3. The van der Waals surface area contributed by atoms with Gasteiger partial charge in [-0.15, -0.1) is 0 Å². The average Bonchev–Trinajstić information content (AvgIpc) is 3.27. The summed E-state index contributed by atoms with van der Waals surface area (Å²) in [7, 11) is 0. The van der Waals surface area contributed by atoms with Crippen LogP contribution in [-0.2, 0) is 10.8 Å². The van der Waals surface area contributed by atoms with Gasteiger partial charge in [-0.1, -0.05) is 149 Å². The quantitative estimate of drug-likeness (QED) is 0.188. The van der Waals surface area contributed by atoms with E-state index in [0.29, 0.717) is 24.2 Å². The smallest absolute Gasteiger partial charge is 0.222 e. The molecule has 286 valence electrons. The van der Waals surface area contributed by atoms with E-state index in [0.717, 1.165) is 32.1 Å². The molecule has 0 N–H and O–H groups in total. The predicted molar refractivity (Wildman–Crippen MR) is 251 cm³/mol. The molecule has 0 bridgehead atoms. The van der Waals surface area contributed by atoms with Crippen molar-refractivity contribution < 1.29 is 0 Å². The molecule has 3 atom stereocenters. The molecular formula is C54H49B2N3. The molecule has 3 unspecified atom stereocenters. The first kappa shape index (κ1) is 34.2. The Hall–Kier alpha value is -5.67. The molecular weight excluding hydrogens is 712 g/mol. The van der Waals surface area contributed by atoms with E-state index in [2.05, 4.69) is 188 Å². The van der Waals surface area contributed by atoms with Crippen LogP contribution in [0, 0.1) is 0 Å². The maximum atomic E-state index is 2.87. The van der Waals surface area contributed by atoms with E-state index in [-0.39, 0.29) is 17.5 Å². The maximum absolute atomic E-state index is 2.87. The van der Waals surface area contributed by atoms with Gasteiger partial charge in [0.15, 0.2) is 6.71 Å². The highest BCUT2D eigenvalue weighted by atomic mass is 15.3. The lowest BCUT2D eigenvalue weighted by Crippen LogP contribution is -2.61. The van der Waals surface area contributed by atoms with Crippen LogP contribution in [0.2, 0.25) is 17.5 Å². The molecule has 0 amide bonds. The molecule has 0 saturated carbocycles. The Labute approximate surface area is 350 Å². The SMILES string of the molecule is CC1(C)C2=CCC3B(C4C=CC=CC4)c4cc(N(C5=CC=CCC5)c5ccccc5)cc5c4N4C3=C2N2c3c(cccc31)B(C1C=CC=CC1)c1ccc(c4c12)C5(C)C. The van der Waals surface area contributed by atoms with Crippen molar-refractivity contribution in [3.05, 3.63) is 185 Å². The Morgan fingerprint density at radius 3 is 2.14 bits per heavy atom. The molecule has 3 nitrogen and oxygen atoms in total. The van der Waals surface area contributed by atoms with Gasteiger partial charge in [0.1, 0.15) is 0 Å². The zero-order chi connectivity index (χ0) is 39.4. The Bertz CT molecular complexity index is 2810. The third-order valence-corrected chi connectivity index (χ3v) is 15.8. The molecule has 0 fully saturated rings. The zero-order valence-electron chi connectivity index (χ0n) is 34.6. The number of benzene rings is 4. The number of nitrogens with zero attached hydrogens (tertiary/aromatic N) is 3. The molecule has 0 aromatic heterocycles. The topological polar surface area (TPSA) is 9.72 Å². The van der Waals surface area contributed by atoms with Crippen molar-refractivity contribution in [2.75, 3.05) is 14.7 Å². The molecule has 5 heterocycles. The minimum atomic E-state index is -0.243. The fraction of sp³-hybridized carbons (Fsp3) is 0.259. The first-order valence-electron chi connectivity index (χ1n) is 22.3. The second-order valence-corrected chi connectivity index (χ2v) is 19.4. The summed E-state index contributed by atoms with van der Waals surface area (Å²) in [6.07, 6.45) is 33.8. The number of anilines is 6. The first-order chi connectivity index (χ1) is 28.8. The van der Waals surface area contributed by atoms with E-state index in [4.69, 9.17) is 0 Å². The van der Waals surface area contributed by atoms with Crippen LogP contribution < -0.4 is 31.1 Å². The van der Waals surface area contributed by atoms with E-state index in [1.165, 1.54) is 84.2 Å². The normalized spacial score (nSPS) is 24.7. The second kappa shape index (κ2) is 12.0. The van der Waals surface area contributed by atoms with Crippen molar-refractivity contribution in [3.63, 3.8) is 0 Å². The van der Waals surface area contributed by atoms with Gasteiger partial charge in [-0.25, -0.2) is 0 Å². The van der Waals surface area contributed by atoms with Gasteiger partial charge in [-0.05, 0) is 113 Å². The largest absolute Gasteiger partial charge is 0.314 e. The third kappa shape index (κ3) is 4.36. The lowest BCUT2D eigenvalue weighted by Gasteiger charge is -2.61. The number of hydrogen-bond acceptors (Lipinski definition) is 3. The lowest BCUT2D eigenvalue weighted by atomic mass is 9.26. The Morgan fingerprint density at radius 2 is 1.37 bits per heavy atom. The molecule has 0 spiro atoms.